The van der Waals surface area contributed by atoms with Crippen molar-refractivity contribution < 1.29 is 9.47 Å². The molecule has 0 radical (unpaired) electrons. The summed E-state index contributed by atoms with van der Waals surface area (Å²) >= 11 is 0. The highest BCUT2D eigenvalue weighted by Gasteiger charge is 2.10. The fraction of sp³-hybridized carbons (Fsp3) is 0.182. The van der Waals surface area contributed by atoms with E-state index >= 15 is 0 Å². The summed E-state index contributed by atoms with van der Waals surface area (Å²) in [6.45, 7) is 1.55. The number of nitrogens with two attached hydrogens (primary N) is 1. The van der Waals surface area contributed by atoms with E-state index in [0.717, 1.165) is 22.4 Å². The zero-order chi connectivity index (χ0) is 17.3. The van der Waals surface area contributed by atoms with Crippen molar-refractivity contribution in [2.75, 3.05) is 6.54 Å². The van der Waals surface area contributed by atoms with Gasteiger partial charge in [-0.15, -0.1) is 0 Å². The Morgan fingerprint density at radius 1 is 0.680 bits per heavy atom. The molecule has 0 amide bonds. The van der Waals surface area contributed by atoms with Gasteiger partial charge in [-0.25, -0.2) is 0 Å². The first-order chi connectivity index (χ1) is 12.3. The summed E-state index contributed by atoms with van der Waals surface area (Å²) in [5.74, 6) is 0.839. The molecule has 0 bridgehead atoms. The van der Waals surface area contributed by atoms with Crippen molar-refractivity contribution in [2.45, 2.75) is 19.3 Å². The van der Waals surface area contributed by atoms with Crippen LogP contribution in [-0.2, 0) is 18.0 Å². The molecular weight excluding hydrogens is 310 g/mol. The molecule has 0 fully saturated rings. The van der Waals surface area contributed by atoms with E-state index in [-0.39, 0.29) is 6.10 Å². The Labute approximate surface area is 149 Å². The molecule has 128 valence electrons. The van der Waals surface area contributed by atoms with Gasteiger partial charge in [-0.2, -0.15) is 0 Å². The van der Waals surface area contributed by atoms with Gasteiger partial charge in [0.15, 0.2) is 0 Å². The van der Waals surface area contributed by atoms with Crippen LogP contribution in [0, 0.1) is 0 Å². The quantitative estimate of drug-likeness (QED) is 0.661. The molecule has 3 nitrogen and oxygen atoms in total. The highest BCUT2D eigenvalue weighted by Crippen LogP contribution is 2.22. The Hall–Kier alpha value is -2.62. The normalized spacial score (nSPS) is 11.9. The molecule has 0 unspecified atom stereocenters. The molecule has 0 saturated heterocycles. The number of benzene rings is 3. The molecule has 2 N–H and O–H groups in total. The molecule has 0 aliphatic carbocycles. The SMILES string of the molecule is NC[C@@H](OCc1ccccc1)c1ccc(OCc2ccccc2)cc1. The third-order valence-corrected chi connectivity index (χ3v) is 4.01. The number of hydrogen-bond donors (Lipinski definition) is 1. The molecule has 0 saturated carbocycles. The van der Waals surface area contributed by atoms with E-state index in [1.807, 2.05) is 72.8 Å². The van der Waals surface area contributed by atoms with E-state index in [4.69, 9.17) is 15.2 Å². The number of ether oxygens (including phenoxy) is 2. The molecule has 25 heavy (non-hydrogen) atoms. The van der Waals surface area contributed by atoms with E-state index in [2.05, 4.69) is 12.1 Å². The maximum atomic E-state index is 5.97. The average molecular weight is 333 g/mol. The summed E-state index contributed by atoms with van der Waals surface area (Å²) in [5.41, 5.74) is 9.24. The van der Waals surface area contributed by atoms with E-state index in [9.17, 15) is 0 Å². The molecule has 3 heteroatoms. The fourth-order valence-electron chi connectivity index (χ4n) is 2.59. The van der Waals surface area contributed by atoms with Crippen LogP contribution in [0.4, 0.5) is 0 Å². The topological polar surface area (TPSA) is 44.5 Å². The highest BCUT2D eigenvalue weighted by atomic mass is 16.5. The van der Waals surface area contributed by atoms with Gasteiger partial charge in [-0.05, 0) is 28.8 Å². The Kier molecular flexibility index (Phi) is 6.21. The molecule has 0 spiro atoms. The highest BCUT2D eigenvalue weighted by molar-refractivity contribution is 5.29. The van der Waals surface area contributed by atoms with Crippen LogP contribution in [0.1, 0.15) is 22.8 Å². The summed E-state index contributed by atoms with van der Waals surface area (Å²) in [4.78, 5) is 0. The van der Waals surface area contributed by atoms with Crippen LogP contribution in [0.3, 0.4) is 0 Å². The van der Waals surface area contributed by atoms with Gasteiger partial charge in [-0.1, -0.05) is 72.8 Å². The third kappa shape index (κ3) is 5.18. The summed E-state index contributed by atoms with van der Waals surface area (Å²) in [7, 11) is 0. The Morgan fingerprint density at radius 3 is 1.80 bits per heavy atom. The van der Waals surface area contributed by atoms with Gasteiger partial charge in [0.1, 0.15) is 12.4 Å². The lowest BCUT2D eigenvalue weighted by Gasteiger charge is -2.17. The molecule has 0 heterocycles. The largest absolute Gasteiger partial charge is 0.489 e. The van der Waals surface area contributed by atoms with Gasteiger partial charge < -0.3 is 15.2 Å². The maximum absolute atomic E-state index is 5.97. The van der Waals surface area contributed by atoms with Crippen LogP contribution in [0.2, 0.25) is 0 Å². The third-order valence-electron chi connectivity index (χ3n) is 4.01. The first-order valence-electron chi connectivity index (χ1n) is 8.47. The van der Waals surface area contributed by atoms with Gasteiger partial charge >= 0.3 is 0 Å². The lowest BCUT2D eigenvalue weighted by Crippen LogP contribution is -2.15. The molecule has 3 rings (SSSR count). The minimum absolute atomic E-state index is 0.122. The van der Waals surface area contributed by atoms with E-state index in [0.29, 0.717) is 19.8 Å². The summed E-state index contributed by atoms with van der Waals surface area (Å²) in [5, 5.41) is 0. The second-order valence-electron chi connectivity index (χ2n) is 5.86. The molecular formula is C22H23NO2. The molecule has 3 aromatic carbocycles. The van der Waals surface area contributed by atoms with Crippen LogP contribution >= 0.6 is 0 Å². The van der Waals surface area contributed by atoms with Crippen LogP contribution in [-0.4, -0.2) is 6.54 Å². The molecule has 0 aliphatic rings. The number of hydrogen-bond acceptors (Lipinski definition) is 3. The second kappa shape index (κ2) is 9.02. The van der Waals surface area contributed by atoms with Crippen molar-refractivity contribution in [1.29, 1.82) is 0 Å². The van der Waals surface area contributed by atoms with Crippen molar-refractivity contribution in [1.82, 2.24) is 0 Å². The Bertz CT molecular complexity index is 742. The smallest absolute Gasteiger partial charge is 0.119 e. The van der Waals surface area contributed by atoms with Crippen LogP contribution in [0.15, 0.2) is 84.9 Å². The van der Waals surface area contributed by atoms with Crippen LogP contribution in [0.25, 0.3) is 0 Å². The monoisotopic (exact) mass is 333 g/mol. The zero-order valence-corrected chi connectivity index (χ0v) is 14.2. The first-order valence-corrected chi connectivity index (χ1v) is 8.47. The predicted molar refractivity (Wildman–Crippen MR) is 100 cm³/mol. The van der Waals surface area contributed by atoms with E-state index in [1.165, 1.54) is 0 Å². The van der Waals surface area contributed by atoms with Gasteiger partial charge in [0, 0.05) is 6.54 Å². The first kappa shape index (κ1) is 17.2. The van der Waals surface area contributed by atoms with Crippen molar-refractivity contribution in [3.8, 4) is 5.75 Å². The minimum Gasteiger partial charge on any atom is -0.489 e. The molecule has 3 aromatic rings. The zero-order valence-electron chi connectivity index (χ0n) is 14.2. The van der Waals surface area contributed by atoms with E-state index in [1.54, 1.807) is 0 Å². The van der Waals surface area contributed by atoms with Gasteiger partial charge in [-0.3, -0.25) is 0 Å². The summed E-state index contributed by atoms with van der Waals surface area (Å²) in [6.07, 6.45) is -0.122. The molecule has 0 aromatic heterocycles. The standard InChI is InChI=1S/C22H23NO2/c23-15-22(25-17-19-9-5-2-6-10-19)20-11-13-21(14-12-20)24-16-18-7-3-1-4-8-18/h1-14,22H,15-17,23H2/t22-/m1/s1. The molecule has 1 atom stereocenters. The second-order valence-corrected chi connectivity index (χ2v) is 5.86. The lowest BCUT2D eigenvalue weighted by molar-refractivity contribution is 0.0456. The van der Waals surface area contributed by atoms with Crippen molar-refractivity contribution in [3.63, 3.8) is 0 Å². The Balaban J connectivity index is 1.56. The lowest BCUT2D eigenvalue weighted by atomic mass is 10.1. The van der Waals surface area contributed by atoms with Crippen LogP contribution < -0.4 is 10.5 Å². The Morgan fingerprint density at radius 2 is 1.24 bits per heavy atom. The summed E-state index contributed by atoms with van der Waals surface area (Å²) in [6, 6.07) is 28.2. The van der Waals surface area contributed by atoms with E-state index < -0.39 is 0 Å². The summed E-state index contributed by atoms with van der Waals surface area (Å²) < 4.78 is 11.8. The van der Waals surface area contributed by atoms with Gasteiger partial charge in [0.05, 0.1) is 12.7 Å². The van der Waals surface area contributed by atoms with Gasteiger partial charge in [0.25, 0.3) is 0 Å². The fourth-order valence-corrected chi connectivity index (χ4v) is 2.59. The van der Waals surface area contributed by atoms with Crippen molar-refractivity contribution >= 4 is 0 Å². The predicted octanol–water partition coefficient (Wildman–Crippen LogP) is 4.48. The van der Waals surface area contributed by atoms with Crippen LogP contribution in [0.5, 0.6) is 5.75 Å². The molecule has 0 aliphatic heterocycles. The average Bonchev–Trinajstić information content (AvgIpc) is 2.69. The maximum Gasteiger partial charge on any atom is 0.119 e. The minimum atomic E-state index is -0.122. The van der Waals surface area contributed by atoms with Crippen molar-refractivity contribution in [2.24, 2.45) is 5.73 Å². The van der Waals surface area contributed by atoms with Gasteiger partial charge in [0.2, 0.25) is 0 Å². The van der Waals surface area contributed by atoms with Crippen molar-refractivity contribution in [3.05, 3.63) is 102 Å². The number of rotatable bonds is 8.